The van der Waals surface area contributed by atoms with Crippen molar-refractivity contribution in [2.24, 2.45) is 0 Å². The van der Waals surface area contributed by atoms with Crippen molar-refractivity contribution in [1.82, 2.24) is 4.98 Å². The van der Waals surface area contributed by atoms with Gasteiger partial charge in [0.15, 0.2) is 0 Å². The molecule has 2 N–H and O–H groups in total. The van der Waals surface area contributed by atoms with Gasteiger partial charge in [0.2, 0.25) is 0 Å². The zero-order valence-corrected chi connectivity index (χ0v) is 10.5. The van der Waals surface area contributed by atoms with Gasteiger partial charge in [-0.15, -0.1) is 0 Å². The van der Waals surface area contributed by atoms with Gasteiger partial charge < -0.3 is 14.8 Å². The van der Waals surface area contributed by atoms with Crippen molar-refractivity contribution in [3.05, 3.63) is 53.9 Å². The normalized spacial score (nSPS) is 10.7. The summed E-state index contributed by atoms with van der Waals surface area (Å²) >= 11 is 0. The minimum absolute atomic E-state index is 0.394. The summed E-state index contributed by atoms with van der Waals surface area (Å²) < 4.78 is 5.13. The molecule has 0 radical (unpaired) electrons. The first-order valence-electron chi connectivity index (χ1n) is 5.82. The molecule has 0 atom stereocenters. The van der Waals surface area contributed by atoms with Gasteiger partial charge in [-0.1, -0.05) is 24.3 Å². The van der Waals surface area contributed by atoms with E-state index < -0.39 is 7.12 Å². The lowest BCUT2D eigenvalue weighted by atomic mass is 9.79. The summed E-state index contributed by atoms with van der Waals surface area (Å²) in [6, 6.07) is 8.89. The number of rotatable bonds is 4. The minimum atomic E-state index is -1.51. The van der Waals surface area contributed by atoms with E-state index in [1.165, 1.54) is 7.11 Å². The third-order valence-electron chi connectivity index (χ3n) is 2.64. The Balaban J connectivity index is 2.29. The molecular weight excluding hydrogens is 241 g/mol. The lowest BCUT2D eigenvalue weighted by Crippen LogP contribution is -2.29. The number of methoxy groups -OCH3 is 1. The molecule has 0 spiro atoms. The van der Waals surface area contributed by atoms with Crippen molar-refractivity contribution in [3.8, 4) is 5.75 Å². The zero-order chi connectivity index (χ0) is 13.7. The summed E-state index contributed by atoms with van der Waals surface area (Å²) in [5.41, 5.74) is 2.19. The first kappa shape index (κ1) is 13.3. The Morgan fingerprint density at radius 3 is 2.58 bits per heavy atom. The van der Waals surface area contributed by atoms with Crippen molar-refractivity contribution in [2.45, 2.75) is 0 Å². The van der Waals surface area contributed by atoms with E-state index >= 15 is 0 Å². The number of benzene rings is 1. The van der Waals surface area contributed by atoms with E-state index in [2.05, 4.69) is 4.98 Å². The van der Waals surface area contributed by atoms with Crippen LogP contribution in [0.15, 0.2) is 42.7 Å². The Kier molecular flexibility index (Phi) is 4.33. The van der Waals surface area contributed by atoms with Crippen LogP contribution in [0, 0.1) is 0 Å². The number of nitrogens with zero attached hydrogens (tertiary/aromatic N) is 1. The third kappa shape index (κ3) is 3.68. The van der Waals surface area contributed by atoms with Crippen LogP contribution in [0.1, 0.15) is 11.1 Å². The topological polar surface area (TPSA) is 62.6 Å². The summed E-state index contributed by atoms with van der Waals surface area (Å²) in [4.78, 5) is 4.02. The summed E-state index contributed by atoms with van der Waals surface area (Å²) in [5, 5.41) is 18.4. The molecule has 0 saturated carbocycles. The van der Waals surface area contributed by atoms with E-state index in [1.54, 1.807) is 24.5 Å². The Bertz CT molecular complexity index is 570. The molecule has 1 aromatic carbocycles. The highest BCUT2D eigenvalue weighted by Crippen LogP contribution is 2.14. The number of hydrogen-bond donors (Lipinski definition) is 2. The fourth-order valence-electron chi connectivity index (χ4n) is 1.68. The van der Waals surface area contributed by atoms with Gasteiger partial charge in [-0.05, 0) is 34.8 Å². The number of ether oxygens (including phenoxy) is 1. The molecule has 0 amide bonds. The highest BCUT2D eigenvalue weighted by molar-refractivity contribution is 6.58. The van der Waals surface area contributed by atoms with Gasteiger partial charge in [0.25, 0.3) is 0 Å². The van der Waals surface area contributed by atoms with Crippen LogP contribution in [0.3, 0.4) is 0 Å². The quantitative estimate of drug-likeness (QED) is 0.798. The highest BCUT2D eigenvalue weighted by Gasteiger charge is 2.12. The van der Waals surface area contributed by atoms with Crippen LogP contribution in [0.4, 0.5) is 0 Å². The largest absolute Gasteiger partial charge is 0.497 e. The Hall–Kier alpha value is -2.11. The molecule has 0 unspecified atom stereocenters. The highest BCUT2D eigenvalue weighted by atomic mass is 16.5. The summed E-state index contributed by atoms with van der Waals surface area (Å²) in [6.45, 7) is 0. The fourth-order valence-corrected chi connectivity index (χ4v) is 1.68. The lowest BCUT2D eigenvalue weighted by Gasteiger charge is -2.06. The lowest BCUT2D eigenvalue weighted by molar-refractivity contribution is 0.412. The van der Waals surface area contributed by atoms with Crippen molar-refractivity contribution in [3.63, 3.8) is 0 Å². The average molecular weight is 255 g/mol. The van der Waals surface area contributed by atoms with Gasteiger partial charge in [0.1, 0.15) is 5.75 Å². The van der Waals surface area contributed by atoms with Gasteiger partial charge >= 0.3 is 7.12 Å². The van der Waals surface area contributed by atoms with Crippen LogP contribution in [-0.2, 0) is 0 Å². The second-order valence-corrected chi connectivity index (χ2v) is 4.03. The zero-order valence-electron chi connectivity index (χ0n) is 10.5. The first-order chi connectivity index (χ1) is 9.19. The second-order valence-electron chi connectivity index (χ2n) is 4.03. The summed E-state index contributed by atoms with van der Waals surface area (Å²) in [5.74, 6) is 0.580. The van der Waals surface area contributed by atoms with Crippen LogP contribution in [-0.4, -0.2) is 29.3 Å². The van der Waals surface area contributed by atoms with Gasteiger partial charge in [0, 0.05) is 12.4 Å². The summed E-state index contributed by atoms with van der Waals surface area (Å²) in [6.07, 6.45) is 7.22. The van der Waals surface area contributed by atoms with Crippen LogP contribution >= 0.6 is 0 Å². The first-order valence-corrected chi connectivity index (χ1v) is 5.82. The van der Waals surface area contributed by atoms with E-state index in [9.17, 15) is 10.0 Å². The molecule has 5 heteroatoms. The molecule has 1 aromatic heterocycles. The van der Waals surface area contributed by atoms with Crippen LogP contribution in [0.2, 0.25) is 0 Å². The smallest absolute Gasteiger partial charge is 0.488 e. The summed E-state index contributed by atoms with van der Waals surface area (Å²) in [7, 11) is 0.0259. The Morgan fingerprint density at radius 1 is 1.16 bits per heavy atom. The molecule has 0 saturated heterocycles. The number of pyridine rings is 1. The molecule has 96 valence electrons. The Morgan fingerprint density at radius 2 is 1.95 bits per heavy atom. The predicted octanol–water partition coefficient (Wildman–Crippen LogP) is 0.940. The van der Waals surface area contributed by atoms with E-state index in [-0.39, 0.29) is 0 Å². The Labute approximate surface area is 112 Å². The molecule has 2 rings (SSSR count). The van der Waals surface area contributed by atoms with E-state index in [4.69, 9.17) is 4.74 Å². The van der Waals surface area contributed by atoms with E-state index in [1.807, 2.05) is 30.4 Å². The molecule has 0 fully saturated rings. The maximum absolute atomic E-state index is 9.22. The van der Waals surface area contributed by atoms with Crippen molar-refractivity contribution < 1.29 is 14.8 Å². The maximum atomic E-state index is 9.22. The standard InChI is InChI=1S/C14H14BNO3/c1-19-14-8-12(7-13(9-14)15(17)18)5-4-11-3-2-6-16-10-11/h2-10,17-18H,1H3/b5-4+. The minimum Gasteiger partial charge on any atom is -0.497 e. The maximum Gasteiger partial charge on any atom is 0.488 e. The molecule has 2 aromatic rings. The van der Waals surface area contributed by atoms with Gasteiger partial charge in [-0.3, -0.25) is 4.98 Å². The number of hydrogen-bond acceptors (Lipinski definition) is 4. The molecule has 19 heavy (non-hydrogen) atoms. The molecule has 0 bridgehead atoms. The molecule has 4 nitrogen and oxygen atoms in total. The van der Waals surface area contributed by atoms with Crippen LogP contribution < -0.4 is 10.2 Å². The van der Waals surface area contributed by atoms with Gasteiger partial charge in [0.05, 0.1) is 7.11 Å². The predicted molar refractivity (Wildman–Crippen MR) is 76.0 cm³/mol. The van der Waals surface area contributed by atoms with Gasteiger partial charge in [-0.25, -0.2) is 0 Å². The number of aromatic nitrogens is 1. The monoisotopic (exact) mass is 255 g/mol. The molecule has 0 aliphatic heterocycles. The second kappa shape index (κ2) is 6.18. The molecule has 1 heterocycles. The third-order valence-corrected chi connectivity index (χ3v) is 2.64. The van der Waals surface area contributed by atoms with E-state index in [0.29, 0.717) is 11.2 Å². The average Bonchev–Trinajstić information content (AvgIpc) is 2.45. The van der Waals surface area contributed by atoms with Crippen molar-refractivity contribution >= 4 is 24.7 Å². The van der Waals surface area contributed by atoms with Crippen molar-refractivity contribution in [1.29, 1.82) is 0 Å². The molecular formula is C14H14BNO3. The fraction of sp³-hybridized carbons (Fsp3) is 0.0714. The van der Waals surface area contributed by atoms with Crippen molar-refractivity contribution in [2.75, 3.05) is 7.11 Å². The van der Waals surface area contributed by atoms with Crippen LogP contribution in [0.5, 0.6) is 5.75 Å². The molecule has 0 aliphatic carbocycles. The van der Waals surface area contributed by atoms with Crippen LogP contribution in [0.25, 0.3) is 12.2 Å². The van der Waals surface area contributed by atoms with E-state index in [0.717, 1.165) is 11.1 Å². The SMILES string of the molecule is COc1cc(/C=C/c2cccnc2)cc(B(O)O)c1. The van der Waals surface area contributed by atoms with Gasteiger partial charge in [-0.2, -0.15) is 0 Å². The molecule has 0 aliphatic rings.